The van der Waals surface area contributed by atoms with E-state index in [-0.39, 0.29) is 0 Å². The minimum Gasteiger partial charge on any atom is -0.362 e. The summed E-state index contributed by atoms with van der Waals surface area (Å²) in [5.41, 5.74) is 3.73. The van der Waals surface area contributed by atoms with Gasteiger partial charge in [0.2, 0.25) is 0 Å². The third-order valence-electron chi connectivity index (χ3n) is 2.62. The predicted molar refractivity (Wildman–Crippen MR) is 80.7 cm³/mol. The Kier molecular flexibility index (Phi) is 3.45. The van der Waals surface area contributed by atoms with Crippen LogP contribution in [0.15, 0.2) is 24.3 Å². The Morgan fingerprint density at radius 3 is 2.59 bits per heavy atom. The predicted octanol–water partition coefficient (Wildman–Crippen LogP) is 3.60. The van der Waals surface area contributed by atoms with Gasteiger partial charge in [0.1, 0.15) is 0 Å². The maximum absolute atomic E-state index is 5.34. The van der Waals surface area contributed by atoms with Gasteiger partial charge in [-0.2, -0.15) is 0 Å². The van der Waals surface area contributed by atoms with Crippen LogP contribution >= 0.6 is 24.2 Å². The first kappa shape index (κ1) is 12.5. The summed E-state index contributed by atoms with van der Waals surface area (Å²) in [5.74, 6) is 0. The average Bonchev–Trinajstić information content (AvgIpc) is 2.54. The minimum absolute atomic E-state index is 0.867. The Bertz CT molecular complexity index is 570. The largest absolute Gasteiger partial charge is 0.362 e. The van der Waals surface area contributed by atoms with Crippen molar-refractivity contribution in [3.8, 4) is 0 Å². The highest BCUT2D eigenvalue weighted by atomic mass is 32.2. The van der Waals surface area contributed by atoms with Crippen molar-refractivity contribution in [1.82, 2.24) is 8.87 Å². The Balaban J connectivity index is 2.46. The van der Waals surface area contributed by atoms with Crippen LogP contribution in [0.3, 0.4) is 0 Å². The number of aromatic nitrogens is 1. The van der Waals surface area contributed by atoms with Gasteiger partial charge in [0.25, 0.3) is 0 Å². The van der Waals surface area contributed by atoms with E-state index >= 15 is 0 Å². The number of hydrogen-bond acceptors (Lipinski definition) is 2. The van der Waals surface area contributed by atoms with E-state index in [1.807, 2.05) is 19.0 Å². The molecule has 4 heteroatoms. The van der Waals surface area contributed by atoms with Gasteiger partial charge in [0.15, 0.2) is 4.32 Å². The molecule has 2 rings (SSSR count). The van der Waals surface area contributed by atoms with Crippen molar-refractivity contribution in [2.75, 3.05) is 14.1 Å². The van der Waals surface area contributed by atoms with Gasteiger partial charge in [-0.3, -0.25) is 3.97 Å². The first-order valence-electron chi connectivity index (χ1n) is 5.47. The second kappa shape index (κ2) is 4.70. The average molecular weight is 264 g/mol. The van der Waals surface area contributed by atoms with Gasteiger partial charge in [-0.05, 0) is 32.0 Å². The first-order valence-corrected chi connectivity index (χ1v) is 6.65. The number of aryl methyl sites for hydroxylation is 2. The fraction of sp³-hybridized carbons (Fsp3) is 0.308. The van der Waals surface area contributed by atoms with Crippen LogP contribution in [0.5, 0.6) is 0 Å². The topological polar surface area (TPSA) is 8.17 Å². The molecule has 0 saturated carbocycles. The van der Waals surface area contributed by atoms with E-state index in [9.17, 15) is 0 Å². The van der Waals surface area contributed by atoms with Crippen LogP contribution in [0, 0.1) is 13.8 Å². The summed E-state index contributed by atoms with van der Waals surface area (Å²) in [6.07, 6.45) is 0. The van der Waals surface area contributed by atoms with Crippen molar-refractivity contribution in [1.29, 1.82) is 0 Å². The molecule has 90 valence electrons. The van der Waals surface area contributed by atoms with E-state index in [0.29, 0.717) is 0 Å². The first-order chi connectivity index (χ1) is 7.99. The number of fused-ring (bicyclic) bond motifs is 1. The molecule has 0 unspecified atom stereocenters. The Morgan fingerprint density at radius 1 is 1.24 bits per heavy atom. The summed E-state index contributed by atoms with van der Waals surface area (Å²) < 4.78 is 3.06. The van der Waals surface area contributed by atoms with Crippen LogP contribution in [-0.2, 0) is 0 Å². The van der Waals surface area contributed by atoms with Crippen molar-refractivity contribution in [3.05, 3.63) is 35.5 Å². The molecule has 2 aromatic rings. The number of benzene rings is 1. The molecule has 17 heavy (non-hydrogen) atoms. The molecule has 0 saturated heterocycles. The second-order valence-electron chi connectivity index (χ2n) is 4.39. The molecule has 0 radical (unpaired) electrons. The Morgan fingerprint density at radius 2 is 1.94 bits per heavy atom. The zero-order valence-corrected chi connectivity index (χ0v) is 12.2. The van der Waals surface area contributed by atoms with Crippen molar-refractivity contribution in [3.63, 3.8) is 0 Å². The number of hydrogen-bond donors (Lipinski definition) is 0. The monoisotopic (exact) mass is 264 g/mol. The molecule has 1 heterocycles. The third kappa shape index (κ3) is 2.48. The van der Waals surface area contributed by atoms with Crippen molar-refractivity contribution < 1.29 is 0 Å². The standard InChI is InChI=1S/C13H16N2S2/c1-9-5-6-12-11(7-9)8-10(2)15(12)17-13(16)14(3)4/h5-8H,1-4H3. The zero-order chi connectivity index (χ0) is 12.6. The lowest BCUT2D eigenvalue weighted by Gasteiger charge is -2.14. The molecule has 0 aliphatic carbocycles. The molecule has 0 spiro atoms. The summed E-state index contributed by atoms with van der Waals surface area (Å²) in [5, 5.41) is 1.27. The summed E-state index contributed by atoms with van der Waals surface area (Å²) in [6.45, 7) is 4.23. The Labute approximate surface area is 112 Å². The molecule has 2 nitrogen and oxygen atoms in total. The second-order valence-corrected chi connectivity index (χ2v) is 5.97. The SMILES string of the molecule is Cc1ccc2c(c1)cc(C)n2SC(=S)N(C)C. The van der Waals surface area contributed by atoms with Gasteiger partial charge in [0, 0.05) is 37.1 Å². The normalized spacial score (nSPS) is 10.8. The third-order valence-corrected chi connectivity index (χ3v) is 4.40. The van der Waals surface area contributed by atoms with E-state index in [4.69, 9.17) is 12.2 Å². The molecule has 1 aromatic heterocycles. The minimum atomic E-state index is 0.867. The van der Waals surface area contributed by atoms with Crippen LogP contribution in [0.25, 0.3) is 10.9 Å². The quantitative estimate of drug-likeness (QED) is 0.728. The van der Waals surface area contributed by atoms with Gasteiger partial charge in [-0.1, -0.05) is 23.8 Å². The fourth-order valence-corrected chi connectivity index (χ4v) is 2.73. The van der Waals surface area contributed by atoms with Crippen LogP contribution < -0.4 is 0 Å². The zero-order valence-electron chi connectivity index (χ0n) is 10.5. The molecule has 0 aliphatic rings. The van der Waals surface area contributed by atoms with E-state index < -0.39 is 0 Å². The molecule has 0 aliphatic heterocycles. The molecule has 1 aromatic carbocycles. The summed E-state index contributed by atoms with van der Waals surface area (Å²) in [4.78, 5) is 1.96. The van der Waals surface area contributed by atoms with Crippen molar-refractivity contribution in [2.24, 2.45) is 0 Å². The number of thiocarbonyl (C=S) groups is 1. The maximum atomic E-state index is 5.34. The lowest BCUT2D eigenvalue weighted by molar-refractivity contribution is 0.647. The van der Waals surface area contributed by atoms with E-state index in [1.165, 1.54) is 22.2 Å². The highest BCUT2D eigenvalue weighted by Crippen LogP contribution is 2.26. The lowest BCUT2D eigenvalue weighted by Crippen LogP contribution is -2.17. The molecule has 0 atom stereocenters. The van der Waals surface area contributed by atoms with E-state index in [2.05, 4.69) is 42.1 Å². The van der Waals surface area contributed by atoms with Gasteiger partial charge in [-0.25, -0.2) is 0 Å². The Hall–Kier alpha value is -1.00. The van der Waals surface area contributed by atoms with Gasteiger partial charge < -0.3 is 4.90 Å². The molecular weight excluding hydrogens is 248 g/mol. The number of rotatable bonds is 1. The summed E-state index contributed by atoms with van der Waals surface area (Å²) in [6, 6.07) is 8.70. The van der Waals surface area contributed by atoms with Crippen molar-refractivity contribution in [2.45, 2.75) is 13.8 Å². The molecule has 0 amide bonds. The van der Waals surface area contributed by atoms with E-state index in [0.717, 1.165) is 4.32 Å². The fourth-order valence-electron chi connectivity index (χ4n) is 1.73. The van der Waals surface area contributed by atoms with Gasteiger partial charge >= 0.3 is 0 Å². The molecule has 0 bridgehead atoms. The van der Waals surface area contributed by atoms with Crippen molar-refractivity contribution >= 4 is 39.4 Å². The smallest absolute Gasteiger partial charge is 0.156 e. The van der Waals surface area contributed by atoms with Crippen LogP contribution in [0.4, 0.5) is 0 Å². The number of nitrogens with zero attached hydrogens (tertiary/aromatic N) is 2. The lowest BCUT2D eigenvalue weighted by atomic mass is 10.2. The van der Waals surface area contributed by atoms with Gasteiger partial charge in [-0.15, -0.1) is 0 Å². The molecular formula is C13H16N2S2. The highest BCUT2D eigenvalue weighted by molar-refractivity contribution is 8.22. The highest BCUT2D eigenvalue weighted by Gasteiger charge is 2.09. The summed E-state index contributed by atoms with van der Waals surface area (Å²) >= 11 is 6.94. The van der Waals surface area contributed by atoms with E-state index in [1.54, 1.807) is 11.9 Å². The molecule has 0 fully saturated rings. The maximum Gasteiger partial charge on any atom is 0.156 e. The van der Waals surface area contributed by atoms with Crippen LogP contribution in [0.2, 0.25) is 0 Å². The van der Waals surface area contributed by atoms with Gasteiger partial charge in [0.05, 0.1) is 5.52 Å². The van der Waals surface area contributed by atoms with Crippen LogP contribution in [-0.4, -0.2) is 27.3 Å². The van der Waals surface area contributed by atoms with Crippen LogP contribution in [0.1, 0.15) is 11.3 Å². The molecule has 0 N–H and O–H groups in total. The summed E-state index contributed by atoms with van der Waals surface area (Å²) in [7, 11) is 3.95.